The van der Waals surface area contributed by atoms with E-state index < -0.39 is 0 Å². The first kappa shape index (κ1) is 18.3. The Morgan fingerprint density at radius 3 is 2.52 bits per heavy atom. The summed E-state index contributed by atoms with van der Waals surface area (Å²) in [6.07, 6.45) is 9.09. The van der Waals surface area contributed by atoms with Gasteiger partial charge in [-0.15, -0.1) is 0 Å². The SMILES string of the molecule is C/C=C\Cc1c(C)[nH]c([C@@H]2C[C@@H](C)C[C@@H](C)[C@H]2C)c1CC(C)N. The second-order valence-electron chi connectivity index (χ2n) is 8.09. The lowest BCUT2D eigenvalue weighted by atomic mass is 9.68. The molecular formula is C21H36N2. The van der Waals surface area contributed by atoms with E-state index in [0.29, 0.717) is 5.92 Å². The monoisotopic (exact) mass is 316 g/mol. The molecule has 3 N–H and O–H groups in total. The molecule has 1 aliphatic rings. The van der Waals surface area contributed by atoms with Crippen LogP contribution in [-0.2, 0) is 12.8 Å². The molecule has 1 aliphatic carbocycles. The molecule has 0 aromatic carbocycles. The van der Waals surface area contributed by atoms with E-state index in [1.807, 2.05) is 0 Å². The van der Waals surface area contributed by atoms with Gasteiger partial charge in [0.1, 0.15) is 0 Å². The maximum absolute atomic E-state index is 6.19. The van der Waals surface area contributed by atoms with E-state index in [9.17, 15) is 0 Å². The van der Waals surface area contributed by atoms with Crippen molar-refractivity contribution in [2.24, 2.45) is 23.5 Å². The summed E-state index contributed by atoms with van der Waals surface area (Å²) in [6, 6.07) is 0.210. The van der Waals surface area contributed by atoms with Gasteiger partial charge < -0.3 is 10.7 Å². The van der Waals surface area contributed by atoms with Gasteiger partial charge in [-0.2, -0.15) is 0 Å². The minimum absolute atomic E-state index is 0.210. The Hall–Kier alpha value is -1.02. The summed E-state index contributed by atoms with van der Waals surface area (Å²) in [4.78, 5) is 3.78. The van der Waals surface area contributed by atoms with Gasteiger partial charge in [0.05, 0.1) is 0 Å². The second-order valence-corrected chi connectivity index (χ2v) is 8.09. The molecule has 1 heterocycles. The smallest absolute Gasteiger partial charge is 0.0219 e. The van der Waals surface area contributed by atoms with Crippen molar-refractivity contribution in [2.45, 2.75) is 79.2 Å². The summed E-state index contributed by atoms with van der Waals surface area (Å²) < 4.78 is 0. The molecule has 1 aromatic rings. The van der Waals surface area contributed by atoms with Crippen molar-refractivity contribution in [3.63, 3.8) is 0 Å². The Labute approximate surface area is 142 Å². The standard InChI is InChI=1S/C21H36N2/c1-7-8-9-18-17(6)23-21(20(18)12-15(4)22)19-11-13(2)10-14(3)16(19)5/h7-8,13-16,19,23H,9-12,22H2,1-6H3/b8-7-/t13-,14+,15?,16+,19+/m0/s1. The number of allylic oxidation sites excluding steroid dienone is 2. The molecule has 23 heavy (non-hydrogen) atoms. The van der Waals surface area contributed by atoms with Gasteiger partial charge in [0.2, 0.25) is 0 Å². The Balaban J connectivity index is 2.43. The van der Waals surface area contributed by atoms with Crippen molar-refractivity contribution >= 4 is 0 Å². The van der Waals surface area contributed by atoms with E-state index >= 15 is 0 Å². The molecule has 1 saturated carbocycles. The van der Waals surface area contributed by atoms with Crippen LogP contribution in [0.4, 0.5) is 0 Å². The van der Waals surface area contributed by atoms with E-state index in [1.54, 1.807) is 0 Å². The zero-order valence-corrected chi connectivity index (χ0v) is 15.9. The van der Waals surface area contributed by atoms with E-state index in [1.165, 1.54) is 35.4 Å². The summed E-state index contributed by atoms with van der Waals surface area (Å²) in [6.45, 7) is 13.7. The lowest BCUT2D eigenvalue weighted by Gasteiger charge is -2.38. The lowest BCUT2D eigenvalue weighted by Crippen LogP contribution is -2.28. The number of rotatable bonds is 5. The Kier molecular flexibility index (Phi) is 6.13. The third kappa shape index (κ3) is 4.09. The van der Waals surface area contributed by atoms with Gasteiger partial charge in [0, 0.05) is 23.3 Å². The number of hydrogen-bond acceptors (Lipinski definition) is 1. The minimum Gasteiger partial charge on any atom is -0.362 e. The fourth-order valence-electron chi connectivity index (χ4n) is 4.50. The van der Waals surface area contributed by atoms with E-state index in [-0.39, 0.29) is 6.04 Å². The normalized spacial score (nSPS) is 30.0. The summed E-state index contributed by atoms with van der Waals surface area (Å²) in [5.41, 5.74) is 12.0. The van der Waals surface area contributed by atoms with Crippen molar-refractivity contribution in [3.8, 4) is 0 Å². The molecule has 130 valence electrons. The Morgan fingerprint density at radius 2 is 1.91 bits per heavy atom. The van der Waals surface area contributed by atoms with Crippen LogP contribution >= 0.6 is 0 Å². The predicted octanol–water partition coefficient (Wildman–Crippen LogP) is 5.12. The van der Waals surface area contributed by atoms with E-state index in [4.69, 9.17) is 5.73 Å². The number of aryl methyl sites for hydroxylation is 1. The molecular weight excluding hydrogens is 280 g/mol. The number of H-pyrrole nitrogens is 1. The van der Waals surface area contributed by atoms with Gasteiger partial charge in [-0.3, -0.25) is 0 Å². The molecule has 2 nitrogen and oxygen atoms in total. The van der Waals surface area contributed by atoms with Crippen LogP contribution in [0.15, 0.2) is 12.2 Å². The molecule has 2 rings (SSSR count). The van der Waals surface area contributed by atoms with Gasteiger partial charge in [-0.25, -0.2) is 0 Å². The number of aromatic amines is 1. The first-order chi connectivity index (χ1) is 10.8. The fourth-order valence-corrected chi connectivity index (χ4v) is 4.50. The maximum Gasteiger partial charge on any atom is 0.0219 e. The van der Waals surface area contributed by atoms with Crippen LogP contribution in [0.25, 0.3) is 0 Å². The summed E-state index contributed by atoms with van der Waals surface area (Å²) >= 11 is 0. The number of nitrogens with one attached hydrogen (secondary N) is 1. The average molecular weight is 317 g/mol. The first-order valence-electron chi connectivity index (χ1n) is 9.42. The largest absolute Gasteiger partial charge is 0.362 e. The van der Waals surface area contributed by atoms with Crippen molar-refractivity contribution < 1.29 is 0 Å². The highest BCUT2D eigenvalue weighted by Crippen LogP contribution is 2.45. The highest BCUT2D eigenvalue weighted by molar-refractivity contribution is 5.41. The zero-order valence-electron chi connectivity index (χ0n) is 15.9. The average Bonchev–Trinajstić information content (AvgIpc) is 2.76. The zero-order chi connectivity index (χ0) is 17.1. The molecule has 5 atom stereocenters. The highest BCUT2D eigenvalue weighted by Gasteiger charge is 2.34. The van der Waals surface area contributed by atoms with E-state index in [0.717, 1.165) is 30.6 Å². The summed E-state index contributed by atoms with van der Waals surface area (Å²) in [5, 5.41) is 0. The van der Waals surface area contributed by atoms with Gasteiger partial charge >= 0.3 is 0 Å². The van der Waals surface area contributed by atoms with Crippen LogP contribution in [0.2, 0.25) is 0 Å². The van der Waals surface area contributed by atoms with Crippen molar-refractivity contribution in [1.29, 1.82) is 0 Å². The van der Waals surface area contributed by atoms with Gasteiger partial charge in [0.15, 0.2) is 0 Å². The van der Waals surface area contributed by atoms with Gasteiger partial charge in [-0.05, 0) is 75.3 Å². The third-order valence-corrected chi connectivity index (χ3v) is 5.88. The van der Waals surface area contributed by atoms with Crippen LogP contribution in [-0.4, -0.2) is 11.0 Å². The molecule has 0 spiro atoms. The van der Waals surface area contributed by atoms with Crippen LogP contribution < -0.4 is 5.73 Å². The van der Waals surface area contributed by atoms with Crippen LogP contribution in [0.3, 0.4) is 0 Å². The number of hydrogen-bond donors (Lipinski definition) is 2. The molecule has 2 heteroatoms. The van der Waals surface area contributed by atoms with Gasteiger partial charge in [-0.1, -0.05) is 32.9 Å². The maximum atomic E-state index is 6.19. The van der Waals surface area contributed by atoms with Crippen LogP contribution in [0.1, 0.15) is 75.9 Å². The Morgan fingerprint density at radius 1 is 1.22 bits per heavy atom. The molecule has 0 aliphatic heterocycles. The Bertz CT molecular complexity index is 538. The third-order valence-electron chi connectivity index (χ3n) is 5.88. The molecule has 0 radical (unpaired) electrons. The summed E-state index contributed by atoms with van der Waals surface area (Å²) in [5.74, 6) is 3.01. The fraction of sp³-hybridized carbons (Fsp3) is 0.714. The molecule has 1 unspecified atom stereocenters. The van der Waals surface area contributed by atoms with Gasteiger partial charge in [0.25, 0.3) is 0 Å². The quantitative estimate of drug-likeness (QED) is 0.728. The summed E-state index contributed by atoms with van der Waals surface area (Å²) in [7, 11) is 0. The molecule has 1 aromatic heterocycles. The predicted molar refractivity (Wildman–Crippen MR) is 101 cm³/mol. The molecule has 0 amide bonds. The molecule has 0 saturated heterocycles. The van der Waals surface area contributed by atoms with Crippen molar-refractivity contribution in [2.75, 3.05) is 0 Å². The number of aromatic nitrogens is 1. The minimum atomic E-state index is 0.210. The molecule has 1 fully saturated rings. The van der Waals surface area contributed by atoms with Crippen molar-refractivity contribution in [1.82, 2.24) is 4.98 Å². The second kappa shape index (κ2) is 7.70. The van der Waals surface area contributed by atoms with Crippen LogP contribution in [0.5, 0.6) is 0 Å². The molecule has 0 bridgehead atoms. The van der Waals surface area contributed by atoms with Crippen molar-refractivity contribution in [3.05, 3.63) is 34.7 Å². The first-order valence-corrected chi connectivity index (χ1v) is 9.42. The lowest BCUT2D eigenvalue weighted by molar-refractivity contribution is 0.184. The number of nitrogens with two attached hydrogens (primary N) is 1. The topological polar surface area (TPSA) is 41.8 Å². The highest BCUT2D eigenvalue weighted by atomic mass is 14.8. The van der Waals surface area contributed by atoms with Crippen LogP contribution in [0, 0.1) is 24.7 Å². The van der Waals surface area contributed by atoms with E-state index in [2.05, 4.69) is 58.7 Å².